The quantitative estimate of drug-likeness (QED) is 0.751. The zero-order chi connectivity index (χ0) is 13.5. The number of carbonyl (C=O) groups excluding carboxylic acids is 1. The van der Waals surface area contributed by atoms with Crippen LogP contribution in [0.4, 0.5) is 10.5 Å². The van der Waals surface area contributed by atoms with Crippen molar-refractivity contribution in [2.75, 3.05) is 5.32 Å². The lowest BCUT2D eigenvalue weighted by molar-refractivity contribution is 0.247. The fourth-order valence-corrected chi connectivity index (χ4v) is 1.93. The molecule has 0 saturated heterocycles. The molecule has 0 spiro atoms. The van der Waals surface area contributed by atoms with Crippen LogP contribution in [0.2, 0.25) is 0 Å². The molecule has 4 N–H and O–H groups in total. The highest BCUT2D eigenvalue weighted by Crippen LogP contribution is 2.10. The maximum absolute atomic E-state index is 11.8. The van der Waals surface area contributed by atoms with Gasteiger partial charge < -0.3 is 16.4 Å². The lowest BCUT2D eigenvalue weighted by Gasteiger charge is -2.16. The number of amides is 2. The van der Waals surface area contributed by atoms with Crippen molar-refractivity contribution < 1.29 is 4.79 Å². The molecule has 2 amide bonds. The van der Waals surface area contributed by atoms with Gasteiger partial charge in [-0.2, -0.15) is 0 Å². The van der Waals surface area contributed by atoms with Crippen LogP contribution in [-0.4, -0.2) is 12.1 Å². The third kappa shape index (κ3) is 5.19. The van der Waals surface area contributed by atoms with Gasteiger partial charge in [-0.1, -0.05) is 26.0 Å². The van der Waals surface area contributed by atoms with E-state index in [0.29, 0.717) is 12.5 Å². The summed E-state index contributed by atoms with van der Waals surface area (Å²) in [6.07, 6.45) is 0.969. The van der Waals surface area contributed by atoms with Gasteiger partial charge in [-0.3, -0.25) is 0 Å². The van der Waals surface area contributed by atoms with Crippen LogP contribution in [0.1, 0.15) is 32.8 Å². The Hall–Kier alpha value is -1.55. The van der Waals surface area contributed by atoms with E-state index in [9.17, 15) is 4.79 Å². The van der Waals surface area contributed by atoms with Gasteiger partial charge in [-0.25, -0.2) is 4.79 Å². The fraction of sp³-hybridized carbons (Fsp3) is 0.500. The Morgan fingerprint density at radius 1 is 1.33 bits per heavy atom. The van der Waals surface area contributed by atoms with Crippen LogP contribution < -0.4 is 16.4 Å². The molecule has 1 aromatic rings. The molecular formula is C14H23N3O. The molecule has 0 saturated carbocycles. The highest BCUT2D eigenvalue weighted by molar-refractivity contribution is 5.89. The lowest BCUT2D eigenvalue weighted by atomic mass is 10.1. The molecule has 0 aliphatic heterocycles. The molecule has 0 bridgehead atoms. The Kier molecular flexibility index (Phi) is 5.65. The first-order valence-electron chi connectivity index (χ1n) is 6.37. The van der Waals surface area contributed by atoms with E-state index >= 15 is 0 Å². The van der Waals surface area contributed by atoms with E-state index in [0.717, 1.165) is 17.7 Å². The molecule has 1 aromatic carbocycles. The molecule has 0 fully saturated rings. The number of rotatable bonds is 5. The Labute approximate surface area is 109 Å². The first-order chi connectivity index (χ1) is 8.51. The van der Waals surface area contributed by atoms with Gasteiger partial charge in [0.1, 0.15) is 0 Å². The third-order valence-corrected chi connectivity index (χ3v) is 2.62. The molecule has 0 aromatic heterocycles. The maximum atomic E-state index is 11.8. The van der Waals surface area contributed by atoms with Gasteiger partial charge in [0.25, 0.3) is 0 Å². The van der Waals surface area contributed by atoms with Crippen LogP contribution in [-0.2, 0) is 6.54 Å². The van der Waals surface area contributed by atoms with Crippen molar-refractivity contribution in [1.82, 2.24) is 5.32 Å². The van der Waals surface area contributed by atoms with Crippen molar-refractivity contribution in [3.05, 3.63) is 29.8 Å². The molecule has 0 heterocycles. The monoisotopic (exact) mass is 249 g/mol. The summed E-state index contributed by atoms with van der Waals surface area (Å²) in [5.41, 5.74) is 7.33. The molecule has 1 unspecified atom stereocenters. The number of carbonyl (C=O) groups is 1. The number of nitrogens with one attached hydrogen (secondary N) is 2. The summed E-state index contributed by atoms with van der Waals surface area (Å²) in [5.74, 6) is 0.570. The Balaban J connectivity index is 2.48. The van der Waals surface area contributed by atoms with Gasteiger partial charge in [-0.15, -0.1) is 0 Å². The zero-order valence-corrected chi connectivity index (χ0v) is 11.4. The average molecular weight is 249 g/mol. The number of anilines is 1. The number of urea groups is 1. The van der Waals surface area contributed by atoms with Crippen LogP contribution >= 0.6 is 0 Å². The average Bonchev–Trinajstić information content (AvgIpc) is 2.27. The van der Waals surface area contributed by atoms with Gasteiger partial charge in [0, 0.05) is 18.3 Å². The van der Waals surface area contributed by atoms with Crippen LogP contribution in [0.25, 0.3) is 0 Å². The summed E-state index contributed by atoms with van der Waals surface area (Å²) in [6, 6.07) is 7.55. The molecule has 0 radical (unpaired) electrons. The highest BCUT2D eigenvalue weighted by Gasteiger charge is 2.09. The second-order valence-electron chi connectivity index (χ2n) is 5.03. The third-order valence-electron chi connectivity index (χ3n) is 2.62. The number of nitrogens with two attached hydrogens (primary N) is 1. The maximum Gasteiger partial charge on any atom is 0.319 e. The van der Waals surface area contributed by atoms with E-state index in [-0.39, 0.29) is 12.1 Å². The molecule has 4 heteroatoms. The van der Waals surface area contributed by atoms with Crippen LogP contribution in [0.5, 0.6) is 0 Å². The summed E-state index contributed by atoms with van der Waals surface area (Å²) in [5, 5.41) is 5.73. The van der Waals surface area contributed by atoms with Crippen molar-refractivity contribution >= 4 is 11.7 Å². The number of benzene rings is 1. The SMILES string of the molecule is CC(C)CC(C)NC(=O)Nc1cccc(CN)c1. The van der Waals surface area contributed by atoms with Gasteiger partial charge in [0.05, 0.1) is 0 Å². The van der Waals surface area contributed by atoms with E-state index < -0.39 is 0 Å². The second kappa shape index (κ2) is 7.01. The first-order valence-corrected chi connectivity index (χ1v) is 6.37. The number of hydrogen-bond donors (Lipinski definition) is 3. The zero-order valence-electron chi connectivity index (χ0n) is 11.4. The van der Waals surface area contributed by atoms with E-state index in [1.165, 1.54) is 0 Å². The molecule has 0 aliphatic rings. The van der Waals surface area contributed by atoms with Crippen molar-refractivity contribution in [1.29, 1.82) is 0 Å². The summed E-state index contributed by atoms with van der Waals surface area (Å²) in [6.45, 7) is 6.76. The minimum Gasteiger partial charge on any atom is -0.335 e. The van der Waals surface area contributed by atoms with Crippen LogP contribution in [0.3, 0.4) is 0 Å². The fourth-order valence-electron chi connectivity index (χ4n) is 1.93. The molecule has 1 atom stereocenters. The van der Waals surface area contributed by atoms with Crippen LogP contribution in [0, 0.1) is 5.92 Å². The van der Waals surface area contributed by atoms with E-state index in [1.54, 1.807) is 0 Å². The summed E-state index contributed by atoms with van der Waals surface area (Å²) >= 11 is 0. The topological polar surface area (TPSA) is 67.2 Å². The Morgan fingerprint density at radius 2 is 2.06 bits per heavy atom. The molecule has 0 aliphatic carbocycles. The van der Waals surface area contributed by atoms with E-state index in [2.05, 4.69) is 24.5 Å². The summed E-state index contributed by atoms with van der Waals surface area (Å²) in [7, 11) is 0. The molecule has 1 rings (SSSR count). The van der Waals surface area contributed by atoms with Gasteiger partial charge >= 0.3 is 6.03 Å². The van der Waals surface area contributed by atoms with E-state index in [4.69, 9.17) is 5.73 Å². The summed E-state index contributed by atoms with van der Waals surface area (Å²) in [4.78, 5) is 11.8. The molecule has 18 heavy (non-hydrogen) atoms. The predicted octanol–water partition coefficient (Wildman–Crippen LogP) is 2.70. The molecule has 100 valence electrons. The minimum absolute atomic E-state index is 0.169. The highest BCUT2D eigenvalue weighted by atomic mass is 16.2. The minimum atomic E-state index is -0.169. The normalized spacial score (nSPS) is 12.3. The van der Waals surface area contributed by atoms with Crippen molar-refractivity contribution in [2.24, 2.45) is 11.7 Å². The van der Waals surface area contributed by atoms with Crippen LogP contribution in [0.15, 0.2) is 24.3 Å². The van der Waals surface area contributed by atoms with Gasteiger partial charge in [0.15, 0.2) is 0 Å². The first kappa shape index (κ1) is 14.5. The Bertz CT molecular complexity index is 390. The van der Waals surface area contributed by atoms with Gasteiger partial charge in [0.2, 0.25) is 0 Å². The largest absolute Gasteiger partial charge is 0.335 e. The number of hydrogen-bond acceptors (Lipinski definition) is 2. The molecular weight excluding hydrogens is 226 g/mol. The van der Waals surface area contributed by atoms with Crippen molar-refractivity contribution in [3.8, 4) is 0 Å². The second-order valence-corrected chi connectivity index (χ2v) is 5.03. The smallest absolute Gasteiger partial charge is 0.319 e. The van der Waals surface area contributed by atoms with Gasteiger partial charge in [-0.05, 0) is 37.0 Å². The van der Waals surface area contributed by atoms with Crippen molar-refractivity contribution in [3.63, 3.8) is 0 Å². The van der Waals surface area contributed by atoms with Crippen molar-refractivity contribution in [2.45, 2.75) is 39.8 Å². The standard InChI is InChI=1S/C14H23N3O/c1-10(2)7-11(3)16-14(18)17-13-6-4-5-12(8-13)9-15/h4-6,8,10-11H,7,9,15H2,1-3H3,(H2,16,17,18). The Morgan fingerprint density at radius 3 is 2.67 bits per heavy atom. The predicted molar refractivity (Wildman–Crippen MR) is 75.4 cm³/mol. The lowest BCUT2D eigenvalue weighted by Crippen LogP contribution is -2.36. The summed E-state index contributed by atoms with van der Waals surface area (Å²) < 4.78 is 0. The molecule has 4 nitrogen and oxygen atoms in total. The van der Waals surface area contributed by atoms with E-state index in [1.807, 2.05) is 31.2 Å².